The third kappa shape index (κ3) is 4.32. The summed E-state index contributed by atoms with van der Waals surface area (Å²) in [5, 5.41) is 3.07. The lowest BCUT2D eigenvalue weighted by atomic mass is 9.93. The molecule has 25 heavy (non-hydrogen) atoms. The van der Waals surface area contributed by atoms with Crippen LogP contribution in [0.3, 0.4) is 0 Å². The largest absolute Gasteiger partial charge is 0.497 e. The van der Waals surface area contributed by atoms with Gasteiger partial charge >= 0.3 is 0 Å². The van der Waals surface area contributed by atoms with Gasteiger partial charge in [0.05, 0.1) is 20.3 Å². The van der Waals surface area contributed by atoms with Crippen molar-refractivity contribution in [2.75, 3.05) is 14.2 Å². The molecule has 4 heteroatoms. The van der Waals surface area contributed by atoms with Crippen molar-refractivity contribution in [3.8, 4) is 11.5 Å². The minimum absolute atomic E-state index is 0.109. The van der Waals surface area contributed by atoms with Gasteiger partial charge in [-0.1, -0.05) is 19.9 Å². The molecular weight excluding hydrogens is 314 g/mol. The molecule has 0 bridgehead atoms. The molecule has 134 valence electrons. The average Bonchev–Trinajstić information content (AvgIpc) is 2.60. The molecule has 0 aliphatic rings. The highest BCUT2D eigenvalue weighted by atomic mass is 16.5. The van der Waals surface area contributed by atoms with Gasteiger partial charge in [0.25, 0.3) is 5.91 Å². The fraction of sp³-hybridized carbons (Fsp3) is 0.381. The number of amides is 1. The standard InChI is InChI=1S/C21H27NO3/c1-13(2)18-12-19(14(3)10-20(18)25-6)15(4)22-21(23)16-8-7-9-17(11-16)24-5/h7-13,15H,1-6H3,(H,22,23)/t15-/m0/s1. The van der Waals surface area contributed by atoms with Crippen molar-refractivity contribution < 1.29 is 14.3 Å². The summed E-state index contributed by atoms with van der Waals surface area (Å²) < 4.78 is 10.7. The van der Waals surface area contributed by atoms with Crippen molar-refractivity contribution in [2.45, 2.75) is 39.7 Å². The molecule has 0 aromatic heterocycles. The van der Waals surface area contributed by atoms with E-state index in [9.17, 15) is 4.79 Å². The van der Waals surface area contributed by atoms with Crippen LogP contribution in [0.25, 0.3) is 0 Å². The number of aryl methyl sites for hydroxylation is 1. The van der Waals surface area contributed by atoms with E-state index in [1.165, 1.54) is 0 Å². The summed E-state index contributed by atoms with van der Waals surface area (Å²) in [7, 11) is 3.28. The Morgan fingerprint density at radius 1 is 1.00 bits per heavy atom. The molecule has 0 radical (unpaired) electrons. The van der Waals surface area contributed by atoms with E-state index in [-0.39, 0.29) is 11.9 Å². The van der Waals surface area contributed by atoms with Crippen LogP contribution in [0.4, 0.5) is 0 Å². The first-order chi connectivity index (χ1) is 11.9. The van der Waals surface area contributed by atoms with Crippen molar-refractivity contribution in [2.24, 2.45) is 0 Å². The van der Waals surface area contributed by atoms with Crippen LogP contribution in [0.1, 0.15) is 59.8 Å². The maximum absolute atomic E-state index is 12.6. The number of carbonyl (C=O) groups excluding carboxylic acids is 1. The highest BCUT2D eigenvalue weighted by Gasteiger charge is 2.17. The number of hydrogen-bond acceptors (Lipinski definition) is 3. The van der Waals surface area contributed by atoms with E-state index >= 15 is 0 Å². The first-order valence-corrected chi connectivity index (χ1v) is 8.50. The van der Waals surface area contributed by atoms with Crippen LogP contribution in [0.15, 0.2) is 36.4 Å². The summed E-state index contributed by atoms with van der Waals surface area (Å²) in [4.78, 5) is 12.6. The number of benzene rings is 2. The second-order valence-corrected chi connectivity index (χ2v) is 6.53. The molecule has 0 fully saturated rings. The SMILES string of the molecule is COc1cccc(C(=O)N[C@@H](C)c2cc(C(C)C)c(OC)cc2C)c1. The van der Waals surface area contributed by atoms with Crippen LogP contribution in [-0.2, 0) is 0 Å². The van der Waals surface area contributed by atoms with Crippen molar-refractivity contribution >= 4 is 5.91 Å². The zero-order valence-electron chi connectivity index (χ0n) is 15.8. The summed E-state index contributed by atoms with van der Waals surface area (Å²) >= 11 is 0. The van der Waals surface area contributed by atoms with Crippen LogP contribution in [-0.4, -0.2) is 20.1 Å². The molecule has 0 saturated carbocycles. The number of methoxy groups -OCH3 is 2. The van der Waals surface area contributed by atoms with Gasteiger partial charge in [0.1, 0.15) is 11.5 Å². The summed E-state index contributed by atoms with van der Waals surface area (Å²) in [6, 6.07) is 11.2. The molecule has 2 aromatic carbocycles. The summed E-state index contributed by atoms with van der Waals surface area (Å²) in [5.74, 6) is 1.79. The Morgan fingerprint density at radius 2 is 1.72 bits per heavy atom. The van der Waals surface area contributed by atoms with Crippen LogP contribution in [0.5, 0.6) is 11.5 Å². The van der Waals surface area contributed by atoms with Crippen molar-refractivity contribution in [1.82, 2.24) is 5.32 Å². The van der Waals surface area contributed by atoms with E-state index in [1.807, 2.05) is 32.0 Å². The van der Waals surface area contributed by atoms with Gasteiger partial charge in [-0.2, -0.15) is 0 Å². The van der Waals surface area contributed by atoms with Gasteiger partial charge < -0.3 is 14.8 Å². The first kappa shape index (κ1) is 18.8. The van der Waals surface area contributed by atoms with E-state index in [1.54, 1.807) is 26.4 Å². The van der Waals surface area contributed by atoms with E-state index in [4.69, 9.17) is 9.47 Å². The molecule has 4 nitrogen and oxygen atoms in total. The van der Waals surface area contributed by atoms with Gasteiger partial charge in [0.2, 0.25) is 0 Å². The monoisotopic (exact) mass is 341 g/mol. The Hall–Kier alpha value is -2.49. The molecule has 0 spiro atoms. The normalized spacial score (nSPS) is 12.0. The van der Waals surface area contributed by atoms with Gasteiger partial charge in [0, 0.05) is 5.56 Å². The number of rotatable bonds is 6. The lowest BCUT2D eigenvalue weighted by molar-refractivity contribution is 0.0939. The molecule has 2 rings (SSSR count). The maximum atomic E-state index is 12.6. The number of carbonyl (C=O) groups is 1. The Kier molecular flexibility index (Phi) is 6.07. The second kappa shape index (κ2) is 8.06. The van der Waals surface area contributed by atoms with Gasteiger partial charge in [0.15, 0.2) is 0 Å². The molecule has 0 aliphatic carbocycles. The Bertz CT molecular complexity index is 753. The van der Waals surface area contributed by atoms with Crippen LogP contribution in [0, 0.1) is 6.92 Å². The first-order valence-electron chi connectivity index (χ1n) is 8.50. The lowest BCUT2D eigenvalue weighted by Crippen LogP contribution is -2.27. The Labute approximate surface area is 150 Å². The minimum atomic E-state index is -0.118. The summed E-state index contributed by atoms with van der Waals surface area (Å²) in [6.07, 6.45) is 0. The predicted octanol–water partition coefficient (Wildman–Crippen LogP) is 4.63. The summed E-state index contributed by atoms with van der Waals surface area (Å²) in [6.45, 7) is 8.31. The topological polar surface area (TPSA) is 47.6 Å². The van der Waals surface area contributed by atoms with Crippen LogP contribution < -0.4 is 14.8 Å². The van der Waals surface area contributed by atoms with E-state index in [0.29, 0.717) is 17.2 Å². The molecule has 2 aromatic rings. The van der Waals surface area contributed by atoms with Crippen molar-refractivity contribution in [3.05, 3.63) is 58.7 Å². The number of ether oxygens (including phenoxy) is 2. The van der Waals surface area contributed by atoms with Crippen LogP contribution >= 0.6 is 0 Å². The molecule has 1 atom stereocenters. The molecule has 0 aliphatic heterocycles. The molecule has 0 heterocycles. The summed E-state index contributed by atoms with van der Waals surface area (Å²) in [5.41, 5.74) is 3.92. The second-order valence-electron chi connectivity index (χ2n) is 6.53. The number of hydrogen-bond donors (Lipinski definition) is 1. The highest BCUT2D eigenvalue weighted by Crippen LogP contribution is 2.32. The fourth-order valence-electron chi connectivity index (χ4n) is 2.93. The van der Waals surface area contributed by atoms with Gasteiger partial charge in [-0.15, -0.1) is 0 Å². The molecule has 0 unspecified atom stereocenters. The molecular formula is C21H27NO3. The van der Waals surface area contributed by atoms with Gasteiger partial charge in [-0.05, 0) is 66.8 Å². The van der Waals surface area contributed by atoms with Gasteiger partial charge in [-0.3, -0.25) is 4.79 Å². The smallest absolute Gasteiger partial charge is 0.251 e. The third-order valence-electron chi connectivity index (χ3n) is 4.39. The van der Waals surface area contributed by atoms with Gasteiger partial charge in [-0.25, -0.2) is 0 Å². The quantitative estimate of drug-likeness (QED) is 0.833. The average molecular weight is 341 g/mol. The molecule has 1 N–H and O–H groups in total. The Morgan fingerprint density at radius 3 is 2.32 bits per heavy atom. The zero-order chi connectivity index (χ0) is 18.6. The number of nitrogens with one attached hydrogen (secondary N) is 1. The van der Waals surface area contributed by atoms with Crippen molar-refractivity contribution in [1.29, 1.82) is 0 Å². The van der Waals surface area contributed by atoms with Crippen LogP contribution in [0.2, 0.25) is 0 Å². The van der Waals surface area contributed by atoms with E-state index in [0.717, 1.165) is 22.4 Å². The van der Waals surface area contributed by atoms with E-state index < -0.39 is 0 Å². The lowest BCUT2D eigenvalue weighted by Gasteiger charge is -2.21. The maximum Gasteiger partial charge on any atom is 0.251 e. The zero-order valence-corrected chi connectivity index (χ0v) is 15.8. The highest BCUT2D eigenvalue weighted by molar-refractivity contribution is 5.94. The third-order valence-corrected chi connectivity index (χ3v) is 4.39. The van der Waals surface area contributed by atoms with E-state index in [2.05, 4.69) is 25.2 Å². The minimum Gasteiger partial charge on any atom is -0.497 e. The molecule has 1 amide bonds. The Balaban J connectivity index is 2.26. The predicted molar refractivity (Wildman–Crippen MR) is 101 cm³/mol. The fourth-order valence-corrected chi connectivity index (χ4v) is 2.93. The molecule has 0 saturated heterocycles. The van der Waals surface area contributed by atoms with Crippen molar-refractivity contribution in [3.63, 3.8) is 0 Å².